The Morgan fingerprint density at radius 2 is 2.10 bits per heavy atom. The van der Waals surface area contributed by atoms with Gasteiger partial charge in [-0.2, -0.15) is 0 Å². The van der Waals surface area contributed by atoms with E-state index < -0.39 is 0 Å². The van der Waals surface area contributed by atoms with Gasteiger partial charge in [0, 0.05) is 30.2 Å². The summed E-state index contributed by atoms with van der Waals surface area (Å²) < 4.78 is 0. The summed E-state index contributed by atoms with van der Waals surface area (Å²) in [4.78, 5) is 2.63. The van der Waals surface area contributed by atoms with E-state index in [0.717, 1.165) is 23.7 Å². The molecule has 1 aromatic carbocycles. The fraction of sp³-hybridized carbons (Fsp3) is 0.625. The summed E-state index contributed by atoms with van der Waals surface area (Å²) in [5.41, 5.74) is 1.36. The van der Waals surface area contributed by atoms with Crippen molar-refractivity contribution < 1.29 is 0 Å². The number of benzene rings is 1. The molecular weight excluding hydrogens is 291 g/mol. The number of rotatable bonds is 3. The van der Waals surface area contributed by atoms with Crippen LogP contribution in [0.15, 0.2) is 24.3 Å². The van der Waals surface area contributed by atoms with Crippen molar-refractivity contribution in [3.63, 3.8) is 0 Å². The van der Waals surface area contributed by atoms with Gasteiger partial charge in [0.15, 0.2) is 0 Å². The first-order chi connectivity index (χ1) is 9.20. The van der Waals surface area contributed by atoms with Crippen molar-refractivity contribution in [1.82, 2.24) is 10.2 Å². The maximum Gasteiger partial charge on any atom is 0.0408 e. The monoisotopic (exact) mass is 314 g/mol. The Morgan fingerprint density at radius 3 is 2.90 bits per heavy atom. The van der Waals surface area contributed by atoms with Gasteiger partial charge >= 0.3 is 0 Å². The van der Waals surface area contributed by atoms with Gasteiger partial charge in [0.25, 0.3) is 0 Å². The third kappa shape index (κ3) is 3.88. The number of nitrogens with zero attached hydrogens (tertiary/aromatic N) is 1. The Hall–Kier alpha value is -0.280. The van der Waals surface area contributed by atoms with Crippen molar-refractivity contribution in [3.8, 4) is 0 Å². The molecule has 0 spiro atoms. The van der Waals surface area contributed by atoms with Crippen molar-refractivity contribution in [3.05, 3.63) is 34.9 Å². The third-order valence-electron chi connectivity index (χ3n) is 4.56. The second-order valence-corrected chi connectivity index (χ2v) is 6.58. The fourth-order valence-electron chi connectivity index (χ4n) is 3.49. The van der Waals surface area contributed by atoms with E-state index in [0.29, 0.717) is 5.92 Å². The lowest BCUT2D eigenvalue weighted by atomic mass is 9.99. The Labute approximate surface area is 133 Å². The molecule has 1 aromatic rings. The van der Waals surface area contributed by atoms with E-state index in [2.05, 4.69) is 35.3 Å². The third-order valence-corrected chi connectivity index (χ3v) is 4.79. The molecule has 0 radical (unpaired) electrons. The van der Waals surface area contributed by atoms with Crippen LogP contribution in [0.4, 0.5) is 0 Å². The van der Waals surface area contributed by atoms with Gasteiger partial charge in [0.05, 0.1) is 0 Å². The van der Waals surface area contributed by atoms with Crippen LogP contribution in [0, 0.1) is 0 Å². The molecule has 3 atom stereocenters. The van der Waals surface area contributed by atoms with Crippen LogP contribution in [0.2, 0.25) is 5.02 Å². The minimum Gasteiger partial charge on any atom is -0.310 e. The molecule has 3 unspecified atom stereocenters. The minimum atomic E-state index is 0. The number of likely N-dealkylation sites (tertiary alicyclic amines) is 1. The predicted octanol–water partition coefficient (Wildman–Crippen LogP) is 3.69. The molecule has 0 aromatic heterocycles. The molecule has 112 valence electrons. The Kier molecular flexibility index (Phi) is 5.74. The summed E-state index contributed by atoms with van der Waals surface area (Å²) in [7, 11) is 0. The Balaban J connectivity index is 0.00000147. The van der Waals surface area contributed by atoms with Crippen LogP contribution >= 0.6 is 24.0 Å². The summed E-state index contributed by atoms with van der Waals surface area (Å²) in [6, 6.07) is 9.80. The molecule has 20 heavy (non-hydrogen) atoms. The summed E-state index contributed by atoms with van der Waals surface area (Å²) in [6.45, 7) is 5.90. The number of fused-ring (bicyclic) bond motifs is 2. The van der Waals surface area contributed by atoms with E-state index in [1.807, 2.05) is 6.07 Å². The summed E-state index contributed by atoms with van der Waals surface area (Å²) >= 11 is 6.09. The summed E-state index contributed by atoms with van der Waals surface area (Å²) in [6.07, 6.45) is 4.04. The Morgan fingerprint density at radius 1 is 1.30 bits per heavy atom. The van der Waals surface area contributed by atoms with E-state index >= 15 is 0 Å². The topological polar surface area (TPSA) is 15.3 Å². The second-order valence-electron chi connectivity index (χ2n) is 6.14. The Bertz CT molecular complexity index is 438. The summed E-state index contributed by atoms with van der Waals surface area (Å²) in [5, 5.41) is 4.59. The van der Waals surface area contributed by atoms with Crippen LogP contribution in [0.3, 0.4) is 0 Å². The van der Waals surface area contributed by atoms with E-state index in [1.54, 1.807) is 0 Å². The SMILES string of the molecule is CC(CN1CCC2CCC(C1)N2)c1cccc(Cl)c1.Cl. The van der Waals surface area contributed by atoms with Gasteiger partial charge in [-0.05, 0) is 49.4 Å². The molecule has 3 rings (SSSR count). The molecule has 0 aliphatic carbocycles. The van der Waals surface area contributed by atoms with E-state index in [9.17, 15) is 0 Å². The van der Waals surface area contributed by atoms with Crippen molar-refractivity contribution in [2.45, 2.75) is 44.2 Å². The summed E-state index contributed by atoms with van der Waals surface area (Å²) in [5.74, 6) is 0.551. The number of hydrogen-bond acceptors (Lipinski definition) is 2. The zero-order chi connectivity index (χ0) is 13.2. The molecule has 0 amide bonds. The average Bonchev–Trinajstić information content (AvgIpc) is 2.72. The van der Waals surface area contributed by atoms with Crippen LogP contribution in [-0.2, 0) is 0 Å². The van der Waals surface area contributed by atoms with Gasteiger partial charge in [-0.1, -0.05) is 30.7 Å². The van der Waals surface area contributed by atoms with Crippen molar-refractivity contribution in [1.29, 1.82) is 0 Å². The first-order valence-corrected chi connectivity index (χ1v) is 7.82. The van der Waals surface area contributed by atoms with E-state index in [-0.39, 0.29) is 12.4 Å². The minimum absolute atomic E-state index is 0. The molecule has 2 aliphatic rings. The van der Waals surface area contributed by atoms with Gasteiger partial charge in [0.2, 0.25) is 0 Å². The predicted molar refractivity (Wildman–Crippen MR) is 88.1 cm³/mol. The van der Waals surface area contributed by atoms with Gasteiger partial charge in [-0.15, -0.1) is 12.4 Å². The highest BCUT2D eigenvalue weighted by atomic mass is 35.5. The smallest absolute Gasteiger partial charge is 0.0408 e. The molecule has 2 nitrogen and oxygen atoms in total. The zero-order valence-electron chi connectivity index (χ0n) is 12.0. The zero-order valence-corrected chi connectivity index (χ0v) is 13.6. The molecule has 2 saturated heterocycles. The van der Waals surface area contributed by atoms with Crippen molar-refractivity contribution >= 4 is 24.0 Å². The quantitative estimate of drug-likeness (QED) is 0.915. The normalized spacial score (nSPS) is 27.7. The molecular formula is C16H24Cl2N2. The maximum atomic E-state index is 6.09. The highest BCUT2D eigenvalue weighted by Crippen LogP contribution is 2.24. The van der Waals surface area contributed by atoms with Gasteiger partial charge in [0.1, 0.15) is 0 Å². The first kappa shape index (κ1) is 16.1. The van der Waals surface area contributed by atoms with Crippen LogP contribution in [0.1, 0.15) is 37.7 Å². The number of nitrogens with one attached hydrogen (secondary N) is 1. The van der Waals surface area contributed by atoms with E-state index in [4.69, 9.17) is 11.6 Å². The molecule has 2 bridgehead atoms. The largest absolute Gasteiger partial charge is 0.310 e. The molecule has 4 heteroatoms. The number of halogens is 2. The van der Waals surface area contributed by atoms with Crippen LogP contribution in [-0.4, -0.2) is 36.6 Å². The van der Waals surface area contributed by atoms with Crippen molar-refractivity contribution in [2.24, 2.45) is 0 Å². The van der Waals surface area contributed by atoms with Gasteiger partial charge in [-0.3, -0.25) is 0 Å². The second kappa shape index (κ2) is 7.13. The highest BCUT2D eigenvalue weighted by molar-refractivity contribution is 6.30. The van der Waals surface area contributed by atoms with Crippen LogP contribution in [0.25, 0.3) is 0 Å². The lowest BCUT2D eigenvalue weighted by Crippen LogP contribution is -2.37. The van der Waals surface area contributed by atoms with Crippen LogP contribution in [0.5, 0.6) is 0 Å². The molecule has 2 fully saturated rings. The highest BCUT2D eigenvalue weighted by Gasteiger charge is 2.29. The molecule has 1 N–H and O–H groups in total. The fourth-order valence-corrected chi connectivity index (χ4v) is 3.69. The van der Waals surface area contributed by atoms with Crippen LogP contribution < -0.4 is 5.32 Å². The van der Waals surface area contributed by atoms with E-state index in [1.165, 1.54) is 37.9 Å². The lowest BCUT2D eigenvalue weighted by Gasteiger charge is -2.27. The maximum absolute atomic E-state index is 6.09. The molecule has 2 heterocycles. The standard InChI is InChI=1S/C16H23ClN2.ClH/c1-12(13-3-2-4-14(17)9-13)10-19-8-7-15-5-6-16(11-19)18-15;/h2-4,9,12,15-16,18H,5-8,10-11H2,1H3;1H. The van der Waals surface area contributed by atoms with Crippen molar-refractivity contribution in [2.75, 3.05) is 19.6 Å². The van der Waals surface area contributed by atoms with Gasteiger partial charge < -0.3 is 10.2 Å². The van der Waals surface area contributed by atoms with Gasteiger partial charge in [-0.25, -0.2) is 0 Å². The average molecular weight is 315 g/mol. The molecule has 2 aliphatic heterocycles. The number of hydrogen-bond donors (Lipinski definition) is 1. The molecule has 0 saturated carbocycles. The lowest BCUT2D eigenvalue weighted by molar-refractivity contribution is 0.247. The first-order valence-electron chi connectivity index (χ1n) is 7.44.